The standard InChI is InChI=1S/C13H21NOS/c1-5-7-14(12(15)13(2,3)4)9-11-6-8-16-10-11/h6,8,10H,5,7,9H2,1-4H3. The van der Waals surface area contributed by atoms with Gasteiger partial charge in [-0.25, -0.2) is 0 Å². The molecule has 0 aromatic carbocycles. The Hall–Kier alpha value is -0.830. The van der Waals surface area contributed by atoms with Crippen LogP contribution in [0.2, 0.25) is 0 Å². The molecule has 0 N–H and O–H groups in total. The topological polar surface area (TPSA) is 20.3 Å². The fourth-order valence-corrected chi connectivity index (χ4v) is 2.26. The number of thiophene rings is 1. The van der Waals surface area contributed by atoms with Gasteiger partial charge in [0.1, 0.15) is 0 Å². The lowest BCUT2D eigenvalue weighted by molar-refractivity contribution is -0.140. The van der Waals surface area contributed by atoms with Crippen LogP contribution in [-0.4, -0.2) is 17.4 Å². The van der Waals surface area contributed by atoms with Crippen molar-refractivity contribution in [3.63, 3.8) is 0 Å². The highest BCUT2D eigenvalue weighted by Gasteiger charge is 2.26. The summed E-state index contributed by atoms with van der Waals surface area (Å²) in [6, 6.07) is 2.09. The zero-order valence-corrected chi connectivity index (χ0v) is 11.4. The molecule has 0 unspecified atom stereocenters. The fourth-order valence-electron chi connectivity index (χ4n) is 1.60. The van der Waals surface area contributed by atoms with Gasteiger partial charge in [-0.05, 0) is 28.8 Å². The second-order valence-electron chi connectivity index (χ2n) is 5.11. The highest BCUT2D eigenvalue weighted by Crippen LogP contribution is 2.20. The van der Waals surface area contributed by atoms with Crippen LogP contribution in [0, 0.1) is 5.41 Å². The van der Waals surface area contributed by atoms with E-state index < -0.39 is 0 Å². The first-order valence-electron chi connectivity index (χ1n) is 5.75. The number of carbonyl (C=O) groups excluding carboxylic acids is 1. The van der Waals surface area contributed by atoms with Gasteiger partial charge >= 0.3 is 0 Å². The van der Waals surface area contributed by atoms with Crippen LogP contribution in [0.4, 0.5) is 0 Å². The number of hydrogen-bond donors (Lipinski definition) is 0. The van der Waals surface area contributed by atoms with Crippen LogP contribution >= 0.6 is 11.3 Å². The third-order valence-electron chi connectivity index (χ3n) is 2.38. The maximum absolute atomic E-state index is 12.2. The largest absolute Gasteiger partial charge is 0.338 e. The van der Waals surface area contributed by atoms with Crippen molar-refractivity contribution in [3.05, 3.63) is 22.4 Å². The normalized spacial score (nSPS) is 11.5. The maximum atomic E-state index is 12.2. The molecular formula is C13H21NOS. The van der Waals surface area contributed by atoms with Crippen molar-refractivity contribution in [1.82, 2.24) is 4.90 Å². The van der Waals surface area contributed by atoms with Crippen LogP contribution < -0.4 is 0 Å². The summed E-state index contributed by atoms with van der Waals surface area (Å²) in [6.07, 6.45) is 1.01. The third-order valence-corrected chi connectivity index (χ3v) is 3.11. The average molecular weight is 239 g/mol. The van der Waals surface area contributed by atoms with Crippen molar-refractivity contribution < 1.29 is 4.79 Å². The number of nitrogens with zero attached hydrogens (tertiary/aromatic N) is 1. The van der Waals surface area contributed by atoms with Crippen LogP contribution in [0.15, 0.2) is 16.8 Å². The Morgan fingerprint density at radius 2 is 2.12 bits per heavy atom. The Morgan fingerprint density at radius 1 is 1.44 bits per heavy atom. The summed E-state index contributed by atoms with van der Waals surface area (Å²) in [5, 5.41) is 4.17. The van der Waals surface area contributed by atoms with E-state index in [4.69, 9.17) is 0 Å². The summed E-state index contributed by atoms with van der Waals surface area (Å²) in [5.74, 6) is 0.237. The molecule has 3 heteroatoms. The molecule has 1 aromatic heterocycles. The molecular weight excluding hydrogens is 218 g/mol. The van der Waals surface area contributed by atoms with Gasteiger partial charge in [-0.1, -0.05) is 27.7 Å². The van der Waals surface area contributed by atoms with Gasteiger partial charge in [0.2, 0.25) is 5.91 Å². The Morgan fingerprint density at radius 3 is 2.56 bits per heavy atom. The Labute approximate surface area is 102 Å². The molecule has 0 aliphatic carbocycles. The maximum Gasteiger partial charge on any atom is 0.228 e. The highest BCUT2D eigenvalue weighted by molar-refractivity contribution is 7.07. The molecule has 0 saturated heterocycles. The van der Waals surface area contributed by atoms with Crippen molar-refractivity contribution in [2.75, 3.05) is 6.54 Å². The van der Waals surface area contributed by atoms with E-state index in [0.717, 1.165) is 19.5 Å². The summed E-state index contributed by atoms with van der Waals surface area (Å²) in [6.45, 7) is 9.62. The van der Waals surface area contributed by atoms with Gasteiger partial charge in [0.05, 0.1) is 0 Å². The molecule has 16 heavy (non-hydrogen) atoms. The quantitative estimate of drug-likeness (QED) is 0.787. The molecule has 90 valence electrons. The van der Waals surface area contributed by atoms with Crippen molar-refractivity contribution >= 4 is 17.2 Å². The van der Waals surface area contributed by atoms with Crippen molar-refractivity contribution in [2.45, 2.75) is 40.7 Å². The lowest BCUT2D eigenvalue weighted by atomic mass is 9.94. The molecule has 0 spiro atoms. The lowest BCUT2D eigenvalue weighted by Crippen LogP contribution is -2.39. The molecule has 0 bridgehead atoms. The van der Waals surface area contributed by atoms with E-state index >= 15 is 0 Å². The molecule has 0 radical (unpaired) electrons. The Balaban J connectivity index is 2.71. The molecule has 0 saturated carbocycles. The van der Waals surface area contributed by atoms with E-state index in [-0.39, 0.29) is 11.3 Å². The van der Waals surface area contributed by atoms with E-state index in [0.29, 0.717) is 0 Å². The molecule has 0 aliphatic heterocycles. The zero-order chi connectivity index (χ0) is 12.2. The first-order valence-corrected chi connectivity index (χ1v) is 6.70. The number of hydrogen-bond acceptors (Lipinski definition) is 2. The minimum Gasteiger partial charge on any atom is -0.338 e. The average Bonchev–Trinajstić information content (AvgIpc) is 2.67. The molecule has 1 rings (SSSR count). The monoisotopic (exact) mass is 239 g/mol. The minimum absolute atomic E-state index is 0.237. The second-order valence-corrected chi connectivity index (χ2v) is 5.89. The highest BCUT2D eigenvalue weighted by atomic mass is 32.1. The molecule has 1 aromatic rings. The molecule has 0 atom stereocenters. The van der Waals surface area contributed by atoms with Gasteiger partial charge in [0.25, 0.3) is 0 Å². The van der Waals surface area contributed by atoms with Gasteiger partial charge in [-0.3, -0.25) is 4.79 Å². The number of carbonyl (C=O) groups is 1. The van der Waals surface area contributed by atoms with Gasteiger partial charge in [-0.2, -0.15) is 11.3 Å². The summed E-state index contributed by atoms with van der Waals surface area (Å²) >= 11 is 1.68. The van der Waals surface area contributed by atoms with Gasteiger partial charge in [-0.15, -0.1) is 0 Å². The van der Waals surface area contributed by atoms with Crippen LogP contribution in [0.5, 0.6) is 0 Å². The molecule has 0 aliphatic rings. The van der Waals surface area contributed by atoms with E-state index in [9.17, 15) is 4.79 Å². The van der Waals surface area contributed by atoms with Crippen LogP contribution in [-0.2, 0) is 11.3 Å². The van der Waals surface area contributed by atoms with Crippen molar-refractivity contribution in [2.24, 2.45) is 5.41 Å². The Bertz CT molecular complexity index is 324. The van der Waals surface area contributed by atoms with E-state index in [1.165, 1.54) is 5.56 Å². The molecule has 0 fully saturated rings. The first-order chi connectivity index (χ1) is 7.45. The SMILES string of the molecule is CCCN(Cc1ccsc1)C(=O)C(C)(C)C. The fraction of sp³-hybridized carbons (Fsp3) is 0.615. The number of amides is 1. The molecule has 2 nitrogen and oxygen atoms in total. The summed E-state index contributed by atoms with van der Waals surface area (Å²) in [7, 11) is 0. The van der Waals surface area contributed by atoms with Crippen molar-refractivity contribution in [3.8, 4) is 0 Å². The van der Waals surface area contributed by atoms with E-state index in [1.54, 1.807) is 11.3 Å². The first kappa shape index (κ1) is 13.2. The molecule has 1 heterocycles. The van der Waals surface area contributed by atoms with Crippen LogP contribution in [0.1, 0.15) is 39.7 Å². The summed E-state index contributed by atoms with van der Waals surface area (Å²) < 4.78 is 0. The third kappa shape index (κ3) is 3.63. The zero-order valence-electron chi connectivity index (χ0n) is 10.6. The second kappa shape index (κ2) is 5.48. The van der Waals surface area contributed by atoms with E-state index in [1.807, 2.05) is 25.7 Å². The van der Waals surface area contributed by atoms with Crippen molar-refractivity contribution in [1.29, 1.82) is 0 Å². The van der Waals surface area contributed by atoms with Gasteiger partial charge < -0.3 is 4.90 Å². The predicted octanol–water partition coefficient (Wildman–Crippen LogP) is 3.53. The lowest BCUT2D eigenvalue weighted by Gasteiger charge is -2.29. The van der Waals surface area contributed by atoms with E-state index in [2.05, 4.69) is 23.8 Å². The van der Waals surface area contributed by atoms with Gasteiger partial charge in [0, 0.05) is 18.5 Å². The smallest absolute Gasteiger partial charge is 0.228 e. The molecule has 1 amide bonds. The predicted molar refractivity (Wildman–Crippen MR) is 69.5 cm³/mol. The number of rotatable bonds is 4. The van der Waals surface area contributed by atoms with Crippen LogP contribution in [0.3, 0.4) is 0 Å². The van der Waals surface area contributed by atoms with Gasteiger partial charge in [0.15, 0.2) is 0 Å². The minimum atomic E-state index is -0.287. The van der Waals surface area contributed by atoms with Crippen LogP contribution in [0.25, 0.3) is 0 Å². The summed E-state index contributed by atoms with van der Waals surface area (Å²) in [4.78, 5) is 14.2. The Kier molecular flexibility index (Phi) is 4.54. The summed E-state index contributed by atoms with van der Waals surface area (Å²) in [5.41, 5.74) is 0.946.